The quantitative estimate of drug-likeness (QED) is 0.613. The van der Waals surface area contributed by atoms with E-state index in [1.54, 1.807) is 0 Å². The number of rotatable bonds is 9. The molecule has 1 saturated carbocycles. The lowest BCUT2D eigenvalue weighted by Crippen LogP contribution is -2.29. The Morgan fingerprint density at radius 2 is 2.30 bits per heavy atom. The molecule has 0 aliphatic heterocycles. The van der Waals surface area contributed by atoms with Crippen LogP contribution in [0.4, 0.5) is 0 Å². The van der Waals surface area contributed by atoms with E-state index in [1.165, 1.54) is 23.7 Å². The third-order valence-corrected chi connectivity index (χ3v) is 2.90. The van der Waals surface area contributed by atoms with Crippen molar-refractivity contribution >= 4 is 11.9 Å². The molecule has 2 N–H and O–H groups in total. The smallest absolute Gasteiger partial charge is 0.358 e. The average Bonchev–Trinajstić information content (AvgIpc) is 3.11. The second-order valence-electron chi connectivity index (χ2n) is 4.83. The van der Waals surface area contributed by atoms with Gasteiger partial charge in [0.25, 0.3) is 0 Å². The molecule has 20 heavy (non-hydrogen) atoms. The molecule has 1 heterocycles. The first kappa shape index (κ1) is 14.4. The third kappa shape index (κ3) is 4.96. The molecule has 0 atom stereocenters. The molecule has 1 aromatic heterocycles. The molecule has 1 aromatic rings. The monoisotopic (exact) mass is 282 g/mol. The minimum atomic E-state index is -1.16. The Morgan fingerprint density at radius 1 is 1.50 bits per heavy atom. The number of carbonyl (C=O) groups excluding carboxylic acids is 1. The number of aromatic carboxylic acids is 1. The van der Waals surface area contributed by atoms with Crippen LogP contribution in [0.15, 0.2) is 6.20 Å². The molecule has 2 rings (SSSR count). The van der Waals surface area contributed by atoms with Crippen LogP contribution in [0.5, 0.6) is 0 Å². The fraction of sp³-hybridized carbons (Fsp3) is 0.667. The van der Waals surface area contributed by atoms with Crippen LogP contribution in [0.25, 0.3) is 0 Å². The molecule has 1 aliphatic carbocycles. The first-order valence-corrected chi connectivity index (χ1v) is 6.63. The van der Waals surface area contributed by atoms with Gasteiger partial charge in [0.15, 0.2) is 5.69 Å². The van der Waals surface area contributed by atoms with E-state index in [1.807, 2.05) is 0 Å². The summed E-state index contributed by atoms with van der Waals surface area (Å²) in [4.78, 5) is 22.1. The summed E-state index contributed by atoms with van der Waals surface area (Å²) in [5, 5.41) is 18.4. The van der Waals surface area contributed by atoms with Crippen LogP contribution in [-0.4, -0.2) is 51.7 Å². The molecule has 1 fully saturated rings. The summed E-state index contributed by atoms with van der Waals surface area (Å²) in [6.07, 6.45) is 4.52. The number of nitrogens with one attached hydrogen (secondary N) is 1. The van der Waals surface area contributed by atoms with Crippen LogP contribution in [0.2, 0.25) is 0 Å². The first-order chi connectivity index (χ1) is 9.65. The first-order valence-electron chi connectivity index (χ1n) is 6.63. The molecular formula is C12H18N4O4. The maximum Gasteiger partial charge on any atom is 0.358 e. The van der Waals surface area contributed by atoms with Crippen LogP contribution < -0.4 is 5.32 Å². The summed E-state index contributed by atoms with van der Waals surface area (Å²) in [5.41, 5.74) is -0.175. The Kier molecular flexibility index (Phi) is 5.05. The normalized spacial score (nSPS) is 14.2. The van der Waals surface area contributed by atoms with Crippen molar-refractivity contribution in [2.45, 2.75) is 25.8 Å². The lowest BCUT2D eigenvalue weighted by atomic mass is 10.4. The second kappa shape index (κ2) is 6.99. The van der Waals surface area contributed by atoms with Gasteiger partial charge in [-0.05, 0) is 25.2 Å². The number of ether oxygens (including phenoxy) is 1. The Bertz CT molecular complexity index is 470. The van der Waals surface area contributed by atoms with Crippen molar-refractivity contribution < 1.29 is 19.4 Å². The number of carbonyl (C=O) groups is 2. The number of hydrogen-bond donors (Lipinski definition) is 2. The zero-order valence-corrected chi connectivity index (χ0v) is 11.1. The van der Waals surface area contributed by atoms with Gasteiger partial charge in [-0.25, -0.2) is 9.48 Å². The Morgan fingerprint density at radius 3 is 2.95 bits per heavy atom. The van der Waals surface area contributed by atoms with E-state index in [2.05, 4.69) is 15.6 Å². The fourth-order valence-corrected chi connectivity index (χ4v) is 1.61. The molecule has 0 spiro atoms. The summed E-state index contributed by atoms with van der Waals surface area (Å²) in [7, 11) is 0. The van der Waals surface area contributed by atoms with Gasteiger partial charge >= 0.3 is 5.97 Å². The second-order valence-corrected chi connectivity index (χ2v) is 4.83. The van der Waals surface area contributed by atoms with Crippen LogP contribution in [0.3, 0.4) is 0 Å². The highest BCUT2D eigenvalue weighted by Gasteiger charge is 2.20. The summed E-state index contributed by atoms with van der Waals surface area (Å²) in [6.45, 7) is 1.96. The number of amides is 1. The Balaban J connectivity index is 1.55. The van der Waals surface area contributed by atoms with Crippen LogP contribution in [0, 0.1) is 5.92 Å². The lowest BCUT2D eigenvalue weighted by molar-refractivity contribution is -0.121. The van der Waals surface area contributed by atoms with E-state index < -0.39 is 5.97 Å². The number of nitrogens with zero attached hydrogens (tertiary/aromatic N) is 3. The van der Waals surface area contributed by atoms with Crippen molar-refractivity contribution in [3.63, 3.8) is 0 Å². The standard InChI is InChI=1S/C12H18N4O4/c17-11(7-16-6-10(12(18)19)14-15-16)13-4-1-5-20-8-9-2-3-9/h6,9H,1-5,7-8H2,(H,13,17)(H,18,19). The van der Waals surface area contributed by atoms with Crippen LogP contribution >= 0.6 is 0 Å². The lowest BCUT2D eigenvalue weighted by Gasteiger charge is -2.05. The largest absolute Gasteiger partial charge is 0.476 e. The van der Waals surface area contributed by atoms with Gasteiger partial charge in [-0.3, -0.25) is 4.79 Å². The van der Waals surface area contributed by atoms with E-state index in [0.717, 1.165) is 18.9 Å². The highest BCUT2D eigenvalue weighted by atomic mass is 16.5. The minimum Gasteiger partial charge on any atom is -0.476 e. The maximum atomic E-state index is 11.6. The zero-order chi connectivity index (χ0) is 14.4. The summed E-state index contributed by atoms with van der Waals surface area (Å²) in [5.74, 6) is -0.640. The van der Waals surface area contributed by atoms with Gasteiger partial charge in [-0.2, -0.15) is 0 Å². The molecule has 0 unspecified atom stereocenters. The SMILES string of the molecule is O=C(Cn1cc(C(=O)O)nn1)NCCCOCC1CC1. The third-order valence-electron chi connectivity index (χ3n) is 2.90. The summed E-state index contributed by atoms with van der Waals surface area (Å²) in [6, 6.07) is 0. The van der Waals surface area contributed by atoms with Crippen molar-refractivity contribution in [2.75, 3.05) is 19.8 Å². The molecule has 0 aromatic carbocycles. The summed E-state index contributed by atoms with van der Waals surface area (Å²) < 4.78 is 6.64. The number of carboxylic acids is 1. The minimum absolute atomic E-state index is 0.0385. The van der Waals surface area contributed by atoms with Gasteiger partial charge in [-0.15, -0.1) is 5.10 Å². The van der Waals surface area contributed by atoms with E-state index in [-0.39, 0.29) is 18.1 Å². The topological polar surface area (TPSA) is 106 Å². The fourth-order valence-electron chi connectivity index (χ4n) is 1.61. The van der Waals surface area contributed by atoms with E-state index in [4.69, 9.17) is 9.84 Å². The molecule has 1 amide bonds. The van der Waals surface area contributed by atoms with Crippen LogP contribution in [0.1, 0.15) is 29.8 Å². The Labute approximate surface area is 116 Å². The van der Waals surface area contributed by atoms with Crippen molar-refractivity contribution in [3.05, 3.63) is 11.9 Å². The van der Waals surface area contributed by atoms with Crippen molar-refractivity contribution in [3.8, 4) is 0 Å². The maximum absolute atomic E-state index is 11.6. The van der Waals surface area contributed by atoms with E-state index in [9.17, 15) is 9.59 Å². The van der Waals surface area contributed by atoms with Gasteiger partial charge in [0.1, 0.15) is 6.54 Å². The van der Waals surface area contributed by atoms with E-state index >= 15 is 0 Å². The molecule has 0 radical (unpaired) electrons. The molecule has 8 heteroatoms. The highest BCUT2D eigenvalue weighted by molar-refractivity contribution is 5.84. The molecule has 1 aliphatic rings. The van der Waals surface area contributed by atoms with Gasteiger partial charge in [0.05, 0.1) is 6.20 Å². The molecular weight excluding hydrogens is 264 g/mol. The van der Waals surface area contributed by atoms with Crippen molar-refractivity contribution in [1.29, 1.82) is 0 Å². The van der Waals surface area contributed by atoms with Gasteiger partial charge in [0.2, 0.25) is 5.91 Å². The Hall–Kier alpha value is -1.96. The molecule has 110 valence electrons. The van der Waals surface area contributed by atoms with Gasteiger partial charge < -0.3 is 15.2 Å². The highest BCUT2D eigenvalue weighted by Crippen LogP contribution is 2.28. The van der Waals surface area contributed by atoms with Crippen molar-refractivity contribution in [1.82, 2.24) is 20.3 Å². The van der Waals surface area contributed by atoms with Crippen molar-refractivity contribution in [2.24, 2.45) is 5.92 Å². The van der Waals surface area contributed by atoms with Crippen LogP contribution in [-0.2, 0) is 16.1 Å². The van der Waals surface area contributed by atoms with E-state index in [0.29, 0.717) is 13.2 Å². The number of aromatic nitrogens is 3. The predicted molar refractivity (Wildman–Crippen MR) is 68.2 cm³/mol. The average molecular weight is 282 g/mol. The summed E-state index contributed by atoms with van der Waals surface area (Å²) >= 11 is 0. The zero-order valence-electron chi connectivity index (χ0n) is 11.1. The number of hydrogen-bond acceptors (Lipinski definition) is 5. The van der Waals surface area contributed by atoms with Gasteiger partial charge in [0, 0.05) is 19.8 Å². The molecule has 8 nitrogen and oxygen atoms in total. The molecule has 0 bridgehead atoms. The number of carboxylic acid groups (broad SMARTS) is 1. The predicted octanol–water partition coefficient (Wildman–Crippen LogP) is -0.0908. The van der Waals surface area contributed by atoms with Gasteiger partial charge in [-0.1, -0.05) is 5.21 Å². The molecule has 0 saturated heterocycles.